The molecule has 3 heterocycles. The summed E-state index contributed by atoms with van der Waals surface area (Å²) in [6, 6.07) is 8.54. The lowest BCUT2D eigenvalue weighted by molar-refractivity contribution is -0.123. The van der Waals surface area contributed by atoms with Crippen molar-refractivity contribution in [2.75, 3.05) is 44.8 Å². The van der Waals surface area contributed by atoms with Gasteiger partial charge in [0.15, 0.2) is 28.7 Å². The minimum Gasteiger partial charge on any atom is -0.493 e. The SMILES string of the molecule is COc1ccc([C@H](C(=O)NC[C@H]2CCCO2)N(C(=O)c2snc(C(N)=O)c2N)c2ccc3c(c2)OCO3)cc1OC. The number of aromatic nitrogens is 1. The number of carbonyl (C=O) groups excluding carboxylic acids is 3. The summed E-state index contributed by atoms with van der Waals surface area (Å²) >= 11 is 0.713. The first-order chi connectivity index (χ1) is 19.8. The molecule has 0 unspecified atom stereocenters. The first-order valence-electron chi connectivity index (χ1n) is 12.7. The number of nitrogen functional groups attached to an aromatic ring is 1. The van der Waals surface area contributed by atoms with Crippen molar-refractivity contribution < 1.29 is 38.1 Å². The van der Waals surface area contributed by atoms with Gasteiger partial charge >= 0.3 is 0 Å². The quantitative estimate of drug-likeness (QED) is 0.321. The fourth-order valence-electron chi connectivity index (χ4n) is 4.71. The molecule has 1 saturated heterocycles. The van der Waals surface area contributed by atoms with Gasteiger partial charge in [-0.2, -0.15) is 4.37 Å². The van der Waals surface area contributed by atoms with Crippen LogP contribution in [0, 0.1) is 0 Å². The number of nitrogens with two attached hydrogens (primary N) is 2. The average molecular weight is 584 g/mol. The summed E-state index contributed by atoms with van der Waals surface area (Å²) in [4.78, 5) is 41.4. The standard InChI is InChI=1S/C27H29N5O8S/c1-36-17-7-5-14(10-19(17)37-2)23(26(34)30-12-16-4-3-9-38-16)32(15-6-8-18-20(11-15)40-13-39-18)27(35)24-21(28)22(25(29)33)31-41-24/h5-8,10-11,16,23H,3-4,9,12-13,28H2,1-2H3,(H2,29,33)(H,30,34)/t16-,23-/m1/s1. The van der Waals surface area contributed by atoms with Crippen molar-refractivity contribution in [1.82, 2.24) is 9.69 Å². The molecule has 0 spiro atoms. The van der Waals surface area contributed by atoms with Crippen LogP contribution in [0.4, 0.5) is 11.4 Å². The number of carbonyl (C=O) groups is 3. The Balaban J connectivity index is 1.64. The maximum Gasteiger partial charge on any atom is 0.273 e. The molecule has 1 aromatic heterocycles. The number of nitrogens with zero attached hydrogens (tertiary/aromatic N) is 2. The number of hydrogen-bond acceptors (Lipinski definition) is 11. The summed E-state index contributed by atoms with van der Waals surface area (Å²) in [6.45, 7) is 0.881. The first-order valence-corrected chi connectivity index (χ1v) is 13.5. The van der Waals surface area contributed by atoms with Crippen molar-refractivity contribution in [3.05, 3.63) is 52.5 Å². The van der Waals surface area contributed by atoms with Crippen LogP contribution in [-0.2, 0) is 9.53 Å². The van der Waals surface area contributed by atoms with Gasteiger partial charge in [0.05, 0.1) is 26.0 Å². The highest BCUT2D eigenvalue weighted by Gasteiger charge is 2.37. The van der Waals surface area contributed by atoms with E-state index < -0.39 is 23.8 Å². The van der Waals surface area contributed by atoms with E-state index in [9.17, 15) is 14.4 Å². The van der Waals surface area contributed by atoms with Gasteiger partial charge in [-0.15, -0.1) is 0 Å². The molecule has 3 aromatic rings. The van der Waals surface area contributed by atoms with E-state index in [-0.39, 0.29) is 35.7 Å². The zero-order valence-corrected chi connectivity index (χ0v) is 23.2. The Labute approximate surface area is 239 Å². The minimum atomic E-state index is -1.23. The third-order valence-corrected chi connectivity index (χ3v) is 7.62. The first kappa shape index (κ1) is 28.0. The molecule has 2 aliphatic rings. The molecule has 5 N–H and O–H groups in total. The lowest BCUT2D eigenvalue weighted by Crippen LogP contribution is -2.45. The molecule has 0 bridgehead atoms. The summed E-state index contributed by atoms with van der Waals surface area (Å²) < 4.78 is 31.5. The number of primary amides is 1. The van der Waals surface area contributed by atoms with E-state index in [0.29, 0.717) is 52.4 Å². The molecule has 41 heavy (non-hydrogen) atoms. The minimum absolute atomic E-state index is 0.0114. The van der Waals surface area contributed by atoms with Gasteiger partial charge < -0.3 is 40.5 Å². The number of fused-ring (bicyclic) bond motifs is 1. The summed E-state index contributed by atoms with van der Waals surface area (Å²) in [7, 11) is 2.97. The van der Waals surface area contributed by atoms with E-state index in [0.717, 1.165) is 12.8 Å². The number of benzene rings is 2. The predicted octanol–water partition coefficient (Wildman–Crippen LogP) is 2.25. The van der Waals surface area contributed by atoms with Gasteiger partial charge in [-0.05, 0) is 54.2 Å². The second-order valence-corrected chi connectivity index (χ2v) is 10.0. The van der Waals surface area contributed by atoms with Crippen LogP contribution in [0.1, 0.15) is 44.6 Å². The van der Waals surface area contributed by atoms with Gasteiger partial charge in [0.2, 0.25) is 12.7 Å². The summed E-state index contributed by atoms with van der Waals surface area (Å²) in [5.41, 5.74) is 11.9. The predicted molar refractivity (Wildman–Crippen MR) is 149 cm³/mol. The monoisotopic (exact) mass is 583 g/mol. The molecular weight excluding hydrogens is 554 g/mol. The number of rotatable bonds is 10. The van der Waals surface area contributed by atoms with Crippen LogP contribution < -0.4 is 40.6 Å². The molecule has 5 rings (SSSR count). The van der Waals surface area contributed by atoms with E-state index >= 15 is 0 Å². The van der Waals surface area contributed by atoms with Gasteiger partial charge in [0.1, 0.15) is 10.9 Å². The highest BCUT2D eigenvalue weighted by atomic mass is 32.1. The normalized spacial score (nSPS) is 16.2. The molecule has 216 valence electrons. The lowest BCUT2D eigenvalue weighted by Gasteiger charge is -2.32. The van der Waals surface area contributed by atoms with E-state index in [1.165, 1.54) is 19.1 Å². The Morgan fingerprint density at radius 2 is 1.90 bits per heavy atom. The van der Waals surface area contributed by atoms with Crippen molar-refractivity contribution in [3.8, 4) is 23.0 Å². The molecule has 0 saturated carbocycles. The second kappa shape index (κ2) is 11.9. The lowest BCUT2D eigenvalue weighted by atomic mass is 10.0. The van der Waals surface area contributed by atoms with E-state index in [2.05, 4.69) is 9.69 Å². The molecule has 2 aromatic carbocycles. The van der Waals surface area contributed by atoms with Crippen LogP contribution in [0.2, 0.25) is 0 Å². The highest BCUT2D eigenvalue weighted by Crippen LogP contribution is 2.41. The molecule has 0 aliphatic carbocycles. The van der Waals surface area contributed by atoms with Crippen LogP contribution in [0.5, 0.6) is 23.0 Å². The molecule has 2 aliphatic heterocycles. The van der Waals surface area contributed by atoms with Crippen molar-refractivity contribution in [2.45, 2.75) is 25.0 Å². The molecular formula is C27H29N5O8S. The molecule has 0 radical (unpaired) electrons. The van der Waals surface area contributed by atoms with Crippen LogP contribution in [0.25, 0.3) is 0 Å². The van der Waals surface area contributed by atoms with Gasteiger partial charge in [0.25, 0.3) is 11.8 Å². The van der Waals surface area contributed by atoms with E-state index in [4.69, 9.17) is 35.2 Å². The Morgan fingerprint density at radius 3 is 2.59 bits per heavy atom. The molecule has 13 nitrogen and oxygen atoms in total. The second-order valence-electron chi connectivity index (χ2n) is 9.25. The molecule has 2 atom stereocenters. The zero-order valence-electron chi connectivity index (χ0n) is 22.4. The number of hydrogen-bond donors (Lipinski definition) is 3. The summed E-state index contributed by atoms with van der Waals surface area (Å²) in [5.74, 6) is -0.378. The molecule has 3 amide bonds. The number of ether oxygens (including phenoxy) is 5. The Kier molecular flexibility index (Phi) is 8.12. The molecule has 1 fully saturated rings. The van der Waals surface area contributed by atoms with Crippen molar-refractivity contribution >= 4 is 40.6 Å². The average Bonchev–Trinajstić information content (AvgIpc) is 3.74. The fourth-order valence-corrected chi connectivity index (χ4v) is 5.46. The van der Waals surface area contributed by atoms with E-state index in [1.807, 2.05) is 0 Å². The van der Waals surface area contributed by atoms with Gasteiger partial charge in [0, 0.05) is 24.9 Å². The van der Waals surface area contributed by atoms with Crippen LogP contribution in [0.3, 0.4) is 0 Å². The Hall–Kier alpha value is -4.56. The van der Waals surface area contributed by atoms with Crippen LogP contribution in [-0.4, -0.2) is 62.4 Å². The number of anilines is 2. The van der Waals surface area contributed by atoms with E-state index in [1.54, 1.807) is 36.4 Å². The fraction of sp³-hybridized carbons (Fsp3) is 0.333. The Morgan fingerprint density at radius 1 is 1.12 bits per heavy atom. The third-order valence-electron chi connectivity index (χ3n) is 6.77. The van der Waals surface area contributed by atoms with Gasteiger partial charge in [-0.25, -0.2) is 0 Å². The maximum atomic E-state index is 14.3. The molecule has 14 heteroatoms. The van der Waals surface area contributed by atoms with Crippen molar-refractivity contribution in [1.29, 1.82) is 0 Å². The number of methoxy groups -OCH3 is 2. The maximum absolute atomic E-state index is 14.3. The van der Waals surface area contributed by atoms with Crippen LogP contribution in [0.15, 0.2) is 36.4 Å². The van der Waals surface area contributed by atoms with Crippen LogP contribution >= 0.6 is 11.5 Å². The number of nitrogens with one attached hydrogen (secondary N) is 1. The van der Waals surface area contributed by atoms with Crippen molar-refractivity contribution in [3.63, 3.8) is 0 Å². The topological polar surface area (TPSA) is 178 Å². The number of amides is 3. The largest absolute Gasteiger partial charge is 0.493 e. The Bertz CT molecular complexity index is 1470. The van der Waals surface area contributed by atoms with Crippen molar-refractivity contribution in [2.24, 2.45) is 5.73 Å². The zero-order chi connectivity index (χ0) is 29.1. The summed E-state index contributed by atoms with van der Waals surface area (Å²) in [6.07, 6.45) is 1.56. The third kappa shape index (κ3) is 5.56. The summed E-state index contributed by atoms with van der Waals surface area (Å²) in [5, 5.41) is 2.93. The highest BCUT2D eigenvalue weighted by molar-refractivity contribution is 7.09. The van der Waals surface area contributed by atoms with Gasteiger partial charge in [-0.1, -0.05) is 6.07 Å². The van der Waals surface area contributed by atoms with Gasteiger partial charge in [-0.3, -0.25) is 19.3 Å². The smallest absolute Gasteiger partial charge is 0.273 e.